The van der Waals surface area contributed by atoms with Crippen LogP contribution in [0.2, 0.25) is 5.02 Å². The van der Waals surface area contributed by atoms with Crippen LogP contribution in [0.1, 0.15) is 38.2 Å². The second kappa shape index (κ2) is 12.2. The van der Waals surface area contributed by atoms with Crippen molar-refractivity contribution in [3.63, 3.8) is 0 Å². The van der Waals surface area contributed by atoms with Crippen molar-refractivity contribution in [2.75, 3.05) is 43.4 Å². The van der Waals surface area contributed by atoms with Crippen LogP contribution in [0.15, 0.2) is 30.9 Å². The summed E-state index contributed by atoms with van der Waals surface area (Å²) in [6.45, 7) is 4.25. The maximum atomic E-state index is 17.2. The number of nitrogens with zero attached hydrogens (tertiary/aromatic N) is 9. The number of thiophene rings is 1. The molecule has 12 nitrogen and oxygen atoms in total. The topological polar surface area (TPSA) is 142 Å². The molecule has 4 aliphatic rings. The van der Waals surface area contributed by atoms with Gasteiger partial charge in [0.25, 0.3) is 0 Å². The minimum Gasteiger partial charge on any atom is -0.461 e. The number of halogens is 4. The fourth-order valence-electron chi connectivity index (χ4n) is 9.12. The SMILES string of the molecule is CC1C2C(CCN2c2nc(OC[C@@]34CCCN3C[C@H](F)C4)nc3c(F)c(-c4ccc(F)c5sc(N)c(C#N)c45)c(Cl)cc23)CN1C(=O)n1cncn1. The van der Waals surface area contributed by atoms with Gasteiger partial charge >= 0.3 is 12.0 Å². The van der Waals surface area contributed by atoms with E-state index in [1.165, 1.54) is 29.5 Å². The van der Waals surface area contributed by atoms with Gasteiger partial charge in [-0.3, -0.25) is 4.90 Å². The maximum absolute atomic E-state index is 17.2. The summed E-state index contributed by atoms with van der Waals surface area (Å²) >= 11 is 7.83. The Bertz CT molecular complexity index is 2320. The van der Waals surface area contributed by atoms with Gasteiger partial charge in [-0.1, -0.05) is 17.7 Å². The highest BCUT2D eigenvalue weighted by Gasteiger charge is 2.51. The molecule has 1 amide bonds. The maximum Gasteiger partial charge on any atom is 0.346 e. The minimum atomic E-state index is -0.968. The van der Waals surface area contributed by atoms with E-state index in [0.717, 1.165) is 37.1 Å². The van der Waals surface area contributed by atoms with E-state index >= 15 is 4.39 Å². The molecule has 17 heteroatoms. The molecule has 0 radical (unpaired) electrons. The lowest BCUT2D eigenvalue weighted by molar-refractivity contribution is 0.107. The number of aromatic nitrogens is 5. The van der Waals surface area contributed by atoms with E-state index in [1.54, 1.807) is 11.0 Å². The summed E-state index contributed by atoms with van der Waals surface area (Å²) in [5, 5.41) is 14.5. The van der Waals surface area contributed by atoms with Crippen molar-refractivity contribution in [2.24, 2.45) is 5.92 Å². The van der Waals surface area contributed by atoms with Gasteiger partial charge in [-0.15, -0.1) is 11.3 Å². The van der Waals surface area contributed by atoms with E-state index < -0.39 is 23.3 Å². The Morgan fingerprint density at radius 3 is 2.88 bits per heavy atom. The van der Waals surface area contributed by atoms with Crippen molar-refractivity contribution < 1.29 is 22.7 Å². The number of amides is 1. The smallest absolute Gasteiger partial charge is 0.346 e. The van der Waals surface area contributed by atoms with E-state index in [-0.39, 0.29) is 79.0 Å². The fraction of sp³-hybridized carbons (Fsp3) is 0.429. The zero-order valence-electron chi connectivity index (χ0n) is 27.9. The molecule has 5 aromatic rings. The Morgan fingerprint density at radius 1 is 1.25 bits per heavy atom. The average Bonchev–Trinajstić information content (AvgIpc) is 3.97. The number of hydrogen-bond donors (Lipinski definition) is 1. The van der Waals surface area contributed by atoms with Gasteiger partial charge in [-0.2, -0.15) is 25.0 Å². The van der Waals surface area contributed by atoms with E-state index in [2.05, 4.69) is 24.9 Å². The van der Waals surface area contributed by atoms with Gasteiger partial charge < -0.3 is 20.3 Å². The largest absolute Gasteiger partial charge is 0.461 e. The predicted molar refractivity (Wildman–Crippen MR) is 189 cm³/mol. The molecular formula is C35H32ClF3N10O2S. The molecule has 3 aromatic heterocycles. The molecule has 4 fully saturated rings. The number of anilines is 2. The van der Waals surface area contributed by atoms with Gasteiger partial charge in [0.1, 0.15) is 53.7 Å². The summed E-state index contributed by atoms with van der Waals surface area (Å²) in [6, 6.07) is 5.35. The van der Waals surface area contributed by atoms with Crippen LogP contribution < -0.4 is 15.4 Å². The Hall–Kier alpha value is -4.72. The van der Waals surface area contributed by atoms with Gasteiger partial charge in [0.05, 0.1) is 32.9 Å². The Morgan fingerprint density at radius 2 is 2.10 bits per heavy atom. The number of alkyl halides is 1. The number of hydrogen-bond acceptors (Lipinski definition) is 11. The van der Waals surface area contributed by atoms with E-state index in [9.17, 15) is 18.8 Å². The van der Waals surface area contributed by atoms with Crippen molar-refractivity contribution in [1.82, 2.24) is 34.5 Å². The average molecular weight is 749 g/mol. The minimum absolute atomic E-state index is 0.00345. The molecule has 4 saturated heterocycles. The Kier molecular flexibility index (Phi) is 7.76. The number of nitrogens with two attached hydrogens (primary N) is 1. The lowest BCUT2D eigenvalue weighted by Gasteiger charge is -2.33. The normalized spacial score (nSPS) is 25.7. The van der Waals surface area contributed by atoms with Gasteiger partial charge in [-0.05, 0) is 50.4 Å². The van der Waals surface area contributed by atoms with Crippen molar-refractivity contribution in [3.05, 3.63) is 53.1 Å². The summed E-state index contributed by atoms with van der Waals surface area (Å²) in [6.07, 6.45) is 4.45. The molecule has 268 valence electrons. The van der Waals surface area contributed by atoms with Gasteiger partial charge in [0.15, 0.2) is 5.82 Å². The lowest BCUT2D eigenvalue weighted by atomic mass is 9.95. The third-order valence-electron chi connectivity index (χ3n) is 11.4. The zero-order valence-corrected chi connectivity index (χ0v) is 29.5. The number of rotatable bonds is 5. The number of carbonyl (C=O) groups is 1. The molecule has 2 N–H and O–H groups in total. The molecule has 9 rings (SSSR count). The highest BCUT2D eigenvalue weighted by molar-refractivity contribution is 7.23. The summed E-state index contributed by atoms with van der Waals surface area (Å²) in [7, 11) is 0. The van der Waals surface area contributed by atoms with Gasteiger partial charge in [0.2, 0.25) is 0 Å². The van der Waals surface area contributed by atoms with Gasteiger partial charge in [0, 0.05) is 48.3 Å². The highest BCUT2D eigenvalue weighted by atomic mass is 35.5. The van der Waals surface area contributed by atoms with E-state index in [0.29, 0.717) is 37.3 Å². The molecular weight excluding hydrogens is 717 g/mol. The molecule has 0 saturated carbocycles. The molecule has 0 aliphatic carbocycles. The fourth-order valence-corrected chi connectivity index (χ4v) is 10.4. The van der Waals surface area contributed by atoms with Crippen LogP contribution in [-0.4, -0.2) is 97.1 Å². The lowest BCUT2D eigenvalue weighted by Crippen LogP contribution is -2.46. The van der Waals surface area contributed by atoms with Crippen LogP contribution in [0.5, 0.6) is 6.01 Å². The van der Waals surface area contributed by atoms with Crippen molar-refractivity contribution in [2.45, 2.75) is 56.4 Å². The Labute approximate surface area is 304 Å². The third-order valence-corrected chi connectivity index (χ3v) is 12.7. The number of nitrogen functional groups attached to an aromatic ring is 1. The molecule has 0 bridgehead atoms. The summed E-state index contributed by atoms with van der Waals surface area (Å²) in [4.78, 5) is 32.7. The standard InChI is InChI=1S/C35H32ClF3N10O2S/c1-17-29-18(12-48(17)34(50)49-16-42-15-43-49)5-8-47(29)32-21-9-23(36)26(20-3-4-24(38)30-25(20)22(11-40)31(41)52-30)27(39)28(21)44-33(45-32)51-14-35-6-2-7-46(35)13-19(37)10-35/h3-4,9,15-19,29H,2,5-8,10,12-14,41H2,1H3/t17?,18?,19-,29?,35+/m1/s1. The van der Waals surface area contributed by atoms with Crippen molar-refractivity contribution >= 4 is 60.8 Å². The molecule has 2 aromatic carbocycles. The molecule has 52 heavy (non-hydrogen) atoms. The summed E-state index contributed by atoms with van der Waals surface area (Å²) < 4.78 is 54.5. The second-order valence-corrected chi connectivity index (χ2v) is 15.6. The number of benzene rings is 2. The molecule has 5 atom stereocenters. The second-order valence-electron chi connectivity index (χ2n) is 14.1. The first kappa shape index (κ1) is 33.1. The molecule has 0 spiro atoms. The van der Waals surface area contributed by atoms with Gasteiger partial charge in [-0.25, -0.2) is 22.9 Å². The zero-order chi connectivity index (χ0) is 36.1. The first-order valence-corrected chi connectivity index (χ1v) is 18.3. The van der Waals surface area contributed by atoms with Crippen LogP contribution in [0.25, 0.3) is 32.1 Å². The van der Waals surface area contributed by atoms with E-state index in [4.69, 9.17) is 27.1 Å². The van der Waals surface area contributed by atoms with Crippen molar-refractivity contribution in [3.8, 4) is 23.2 Å². The van der Waals surface area contributed by atoms with Crippen LogP contribution in [0.4, 0.5) is 28.8 Å². The molecule has 3 unspecified atom stereocenters. The van der Waals surface area contributed by atoms with Crippen molar-refractivity contribution in [1.29, 1.82) is 5.26 Å². The number of ether oxygens (including phenoxy) is 1. The molecule has 7 heterocycles. The highest BCUT2D eigenvalue weighted by Crippen LogP contribution is 2.48. The first-order valence-electron chi connectivity index (χ1n) is 17.1. The summed E-state index contributed by atoms with van der Waals surface area (Å²) in [5.41, 5.74) is 5.66. The number of likely N-dealkylation sites (tertiary alicyclic amines) is 1. The predicted octanol–water partition coefficient (Wildman–Crippen LogP) is 6.01. The Balaban J connectivity index is 1.18. The van der Waals surface area contributed by atoms with Crippen LogP contribution in [0, 0.1) is 28.9 Å². The number of fused-ring (bicyclic) bond motifs is 4. The van der Waals surface area contributed by atoms with E-state index in [1.807, 2.05) is 13.0 Å². The number of carbonyl (C=O) groups excluding carboxylic acids is 1. The monoisotopic (exact) mass is 748 g/mol. The first-order chi connectivity index (χ1) is 25.1. The van der Waals surface area contributed by atoms with Crippen LogP contribution >= 0.6 is 22.9 Å². The number of nitriles is 1. The summed E-state index contributed by atoms with van der Waals surface area (Å²) in [5.74, 6) is -0.925. The van der Waals surface area contributed by atoms with Crippen LogP contribution in [-0.2, 0) is 0 Å². The van der Waals surface area contributed by atoms with Crippen LogP contribution in [0.3, 0.4) is 0 Å². The third kappa shape index (κ3) is 4.92. The quantitative estimate of drug-likeness (QED) is 0.227. The molecule has 4 aliphatic heterocycles.